The molecule has 1 aliphatic heterocycles. The number of rotatable bonds is 6. The lowest BCUT2D eigenvalue weighted by Gasteiger charge is -2.27. The minimum Gasteiger partial charge on any atom is -0.493 e. The molecule has 156 valence electrons. The van der Waals surface area contributed by atoms with Crippen LogP contribution in [0.5, 0.6) is 11.5 Å². The second kappa shape index (κ2) is 9.34. The molecule has 3 rings (SSSR count). The number of hydrogen-bond acceptors (Lipinski definition) is 3. The summed E-state index contributed by atoms with van der Waals surface area (Å²) in [6.07, 6.45) is 3.38. The minimum atomic E-state index is -0.00851. The Morgan fingerprint density at radius 3 is 2.38 bits per heavy atom. The van der Waals surface area contributed by atoms with Gasteiger partial charge >= 0.3 is 0 Å². The smallest absolute Gasteiger partial charge is 0.253 e. The SMILES string of the molecule is CCOc1ccc(C(=O)N2CCCCC2)cc1COc1ccccc1C(C)(C)C. The van der Waals surface area contributed by atoms with Crippen LogP contribution in [0.1, 0.15) is 68.4 Å². The molecule has 1 fully saturated rings. The maximum Gasteiger partial charge on any atom is 0.253 e. The summed E-state index contributed by atoms with van der Waals surface area (Å²) in [4.78, 5) is 14.9. The normalized spacial score (nSPS) is 14.6. The molecule has 0 aliphatic carbocycles. The van der Waals surface area contributed by atoms with Gasteiger partial charge in [0.15, 0.2) is 0 Å². The molecule has 2 aromatic carbocycles. The van der Waals surface area contributed by atoms with E-state index in [-0.39, 0.29) is 11.3 Å². The van der Waals surface area contributed by atoms with Crippen LogP contribution in [0.4, 0.5) is 0 Å². The lowest BCUT2D eigenvalue weighted by atomic mass is 9.86. The summed E-state index contributed by atoms with van der Waals surface area (Å²) in [7, 11) is 0. The third kappa shape index (κ3) is 5.31. The van der Waals surface area contributed by atoms with Crippen molar-refractivity contribution in [1.29, 1.82) is 0 Å². The van der Waals surface area contributed by atoms with Crippen molar-refractivity contribution < 1.29 is 14.3 Å². The highest BCUT2D eigenvalue weighted by Gasteiger charge is 2.21. The van der Waals surface area contributed by atoms with E-state index in [0.717, 1.165) is 43.0 Å². The molecule has 4 nitrogen and oxygen atoms in total. The zero-order valence-electron chi connectivity index (χ0n) is 18.2. The van der Waals surface area contributed by atoms with Gasteiger partial charge in [-0.3, -0.25) is 4.79 Å². The first kappa shape index (κ1) is 21.2. The summed E-state index contributed by atoms with van der Waals surface area (Å²) in [6.45, 7) is 11.1. The Balaban J connectivity index is 1.83. The second-order valence-corrected chi connectivity index (χ2v) is 8.64. The zero-order valence-corrected chi connectivity index (χ0v) is 18.2. The van der Waals surface area contributed by atoms with Crippen molar-refractivity contribution in [3.8, 4) is 11.5 Å². The van der Waals surface area contributed by atoms with Gasteiger partial charge in [0.2, 0.25) is 0 Å². The number of amides is 1. The Bertz CT molecular complexity index is 832. The van der Waals surface area contributed by atoms with Gasteiger partial charge in [-0.25, -0.2) is 0 Å². The van der Waals surface area contributed by atoms with Crippen LogP contribution in [0, 0.1) is 0 Å². The Hall–Kier alpha value is -2.49. The van der Waals surface area contributed by atoms with Gasteiger partial charge in [-0.1, -0.05) is 39.0 Å². The minimum absolute atomic E-state index is 0.00851. The molecule has 1 aliphatic rings. The fourth-order valence-electron chi connectivity index (χ4n) is 3.77. The maximum atomic E-state index is 12.9. The molecule has 0 atom stereocenters. The summed E-state index contributed by atoms with van der Waals surface area (Å²) < 4.78 is 12.0. The van der Waals surface area contributed by atoms with E-state index in [1.807, 2.05) is 48.2 Å². The molecule has 0 N–H and O–H groups in total. The van der Waals surface area contributed by atoms with Crippen LogP contribution in [0.15, 0.2) is 42.5 Å². The average molecular weight is 396 g/mol. The van der Waals surface area contributed by atoms with E-state index >= 15 is 0 Å². The first-order valence-electron chi connectivity index (χ1n) is 10.7. The molecule has 0 bridgehead atoms. The van der Waals surface area contributed by atoms with Crippen LogP contribution in [0.3, 0.4) is 0 Å². The average Bonchev–Trinajstić information content (AvgIpc) is 2.73. The van der Waals surface area contributed by atoms with Gasteiger partial charge in [0, 0.05) is 24.2 Å². The Morgan fingerprint density at radius 1 is 0.966 bits per heavy atom. The first-order valence-corrected chi connectivity index (χ1v) is 10.7. The van der Waals surface area contributed by atoms with Gasteiger partial charge < -0.3 is 14.4 Å². The first-order chi connectivity index (χ1) is 13.9. The summed E-state index contributed by atoms with van der Waals surface area (Å²) in [6, 6.07) is 13.8. The Morgan fingerprint density at radius 2 is 1.69 bits per heavy atom. The fourth-order valence-corrected chi connectivity index (χ4v) is 3.77. The highest BCUT2D eigenvalue weighted by Crippen LogP contribution is 2.32. The number of likely N-dealkylation sites (tertiary alicyclic amines) is 1. The molecule has 0 saturated carbocycles. The summed E-state index contributed by atoms with van der Waals surface area (Å²) >= 11 is 0. The van der Waals surface area contributed by atoms with Gasteiger partial charge in [0.1, 0.15) is 18.1 Å². The van der Waals surface area contributed by atoms with E-state index in [4.69, 9.17) is 9.47 Å². The number of hydrogen-bond donors (Lipinski definition) is 0. The lowest BCUT2D eigenvalue weighted by molar-refractivity contribution is 0.0724. The van der Waals surface area contributed by atoms with Crippen molar-refractivity contribution >= 4 is 5.91 Å². The van der Waals surface area contributed by atoms with Gasteiger partial charge in [-0.15, -0.1) is 0 Å². The van der Waals surface area contributed by atoms with E-state index in [1.54, 1.807) is 0 Å². The molecular weight excluding hydrogens is 362 g/mol. The second-order valence-electron chi connectivity index (χ2n) is 8.64. The highest BCUT2D eigenvalue weighted by atomic mass is 16.5. The van der Waals surface area contributed by atoms with Crippen LogP contribution in [-0.4, -0.2) is 30.5 Å². The van der Waals surface area contributed by atoms with Crippen LogP contribution < -0.4 is 9.47 Å². The number of benzene rings is 2. The van der Waals surface area contributed by atoms with E-state index in [2.05, 4.69) is 26.8 Å². The van der Waals surface area contributed by atoms with E-state index in [0.29, 0.717) is 18.8 Å². The third-order valence-electron chi connectivity index (χ3n) is 5.33. The van der Waals surface area contributed by atoms with Gasteiger partial charge in [0.25, 0.3) is 5.91 Å². The summed E-state index contributed by atoms with van der Waals surface area (Å²) in [5.74, 6) is 1.75. The van der Waals surface area contributed by atoms with E-state index in [9.17, 15) is 4.79 Å². The molecule has 29 heavy (non-hydrogen) atoms. The van der Waals surface area contributed by atoms with Crippen LogP contribution >= 0.6 is 0 Å². The monoisotopic (exact) mass is 395 g/mol. The topological polar surface area (TPSA) is 38.8 Å². The Labute approximate surface area is 174 Å². The summed E-state index contributed by atoms with van der Waals surface area (Å²) in [5, 5.41) is 0. The van der Waals surface area contributed by atoms with Crippen molar-refractivity contribution in [2.45, 2.75) is 59.0 Å². The quantitative estimate of drug-likeness (QED) is 0.640. The Kier molecular flexibility index (Phi) is 6.83. The molecule has 0 radical (unpaired) electrons. The predicted molar refractivity (Wildman–Crippen MR) is 117 cm³/mol. The largest absolute Gasteiger partial charge is 0.493 e. The van der Waals surface area contributed by atoms with Gasteiger partial charge in [0.05, 0.1) is 6.61 Å². The van der Waals surface area contributed by atoms with Crippen LogP contribution in [0.25, 0.3) is 0 Å². The molecule has 1 heterocycles. The van der Waals surface area contributed by atoms with Crippen molar-refractivity contribution in [3.05, 3.63) is 59.2 Å². The van der Waals surface area contributed by atoms with Crippen molar-refractivity contribution in [2.75, 3.05) is 19.7 Å². The molecule has 0 aromatic heterocycles. The van der Waals surface area contributed by atoms with Crippen LogP contribution in [-0.2, 0) is 12.0 Å². The molecule has 2 aromatic rings. The molecular formula is C25H33NO3. The molecule has 1 saturated heterocycles. The van der Waals surface area contributed by atoms with Crippen LogP contribution in [0.2, 0.25) is 0 Å². The summed E-state index contributed by atoms with van der Waals surface area (Å²) in [5.41, 5.74) is 2.76. The molecule has 0 spiro atoms. The van der Waals surface area contributed by atoms with Crippen molar-refractivity contribution in [1.82, 2.24) is 4.90 Å². The van der Waals surface area contributed by atoms with Gasteiger partial charge in [-0.2, -0.15) is 0 Å². The number of nitrogens with zero attached hydrogens (tertiary/aromatic N) is 1. The van der Waals surface area contributed by atoms with E-state index < -0.39 is 0 Å². The molecule has 4 heteroatoms. The fraction of sp³-hybridized carbons (Fsp3) is 0.480. The van der Waals surface area contributed by atoms with Crippen molar-refractivity contribution in [2.24, 2.45) is 0 Å². The molecule has 1 amide bonds. The molecule has 0 unspecified atom stereocenters. The predicted octanol–water partition coefficient (Wildman–Crippen LogP) is 5.59. The number of piperidine rings is 1. The van der Waals surface area contributed by atoms with E-state index in [1.165, 1.54) is 12.0 Å². The number of carbonyl (C=O) groups excluding carboxylic acids is 1. The third-order valence-corrected chi connectivity index (χ3v) is 5.33. The number of ether oxygens (including phenoxy) is 2. The van der Waals surface area contributed by atoms with Gasteiger partial charge in [-0.05, 0) is 61.4 Å². The lowest BCUT2D eigenvalue weighted by Crippen LogP contribution is -2.35. The number of para-hydroxylation sites is 1. The zero-order chi connectivity index (χ0) is 20.9. The standard InChI is InChI=1S/C25H33NO3/c1-5-28-22-14-13-19(24(27)26-15-9-6-10-16-26)17-20(22)18-29-23-12-8-7-11-21(23)25(2,3)4/h7-8,11-14,17H,5-6,9-10,15-16,18H2,1-4H3. The van der Waals surface area contributed by atoms with Crippen molar-refractivity contribution in [3.63, 3.8) is 0 Å². The number of carbonyl (C=O) groups is 1. The maximum absolute atomic E-state index is 12.9. The highest BCUT2D eigenvalue weighted by molar-refractivity contribution is 5.94.